The van der Waals surface area contributed by atoms with Crippen molar-refractivity contribution in [1.82, 2.24) is 14.9 Å². The highest BCUT2D eigenvalue weighted by Crippen LogP contribution is 1.98. The van der Waals surface area contributed by atoms with E-state index < -0.39 is 0 Å². The van der Waals surface area contributed by atoms with Gasteiger partial charge < -0.3 is 5.32 Å². The third-order valence-electron chi connectivity index (χ3n) is 2.49. The van der Waals surface area contributed by atoms with Crippen LogP contribution in [0.25, 0.3) is 0 Å². The average Bonchev–Trinajstić information content (AvgIpc) is 2.41. The van der Waals surface area contributed by atoms with E-state index >= 15 is 0 Å². The van der Waals surface area contributed by atoms with Crippen molar-refractivity contribution >= 4 is 17.5 Å². The molecule has 0 saturated heterocycles. The van der Waals surface area contributed by atoms with Crippen LogP contribution in [0.3, 0.4) is 0 Å². The lowest BCUT2D eigenvalue weighted by atomic mass is 10.2. The van der Waals surface area contributed by atoms with E-state index in [4.69, 9.17) is 11.6 Å². The van der Waals surface area contributed by atoms with Gasteiger partial charge in [-0.25, -0.2) is 4.98 Å². The molecule has 6 heteroatoms. The molecule has 0 aliphatic carbocycles. The summed E-state index contributed by atoms with van der Waals surface area (Å²) in [4.78, 5) is 27.0. The molecule has 0 bridgehead atoms. The van der Waals surface area contributed by atoms with Crippen molar-refractivity contribution in [1.29, 1.82) is 0 Å². The standard InChI is InChI=1S/C13H12ClN3O2/c14-11-6-13(19)17(9-16-11)8-12(18)15-7-10-4-2-1-3-5-10/h1-6,9H,7-8H2,(H,15,18). The van der Waals surface area contributed by atoms with E-state index in [1.807, 2.05) is 30.3 Å². The lowest BCUT2D eigenvalue weighted by Crippen LogP contribution is -2.31. The zero-order valence-corrected chi connectivity index (χ0v) is 10.8. The molecule has 2 rings (SSSR count). The fraction of sp³-hybridized carbons (Fsp3) is 0.154. The predicted molar refractivity (Wildman–Crippen MR) is 71.8 cm³/mol. The molecule has 0 atom stereocenters. The first-order chi connectivity index (χ1) is 9.15. The molecule has 0 aliphatic heterocycles. The first kappa shape index (κ1) is 13.3. The molecule has 1 aromatic carbocycles. The van der Waals surface area contributed by atoms with Gasteiger partial charge in [0.1, 0.15) is 11.7 Å². The van der Waals surface area contributed by atoms with E-state index in [0.29, 0.717) is 6.54 Å². The Bertz CT molecular complexity index is 625. The third kappa shape index (κ3) is 3.93. The maximum Gasteiger partial charge on any atom is 0.255 e. The number of carbonyl (C=O) groups is 1. The van der Waals surface area contributed by atoms with Gasteiger partial charge in [-0.1, -0.05) is 41.9 Å². The highest BCUT2D eigenvalue weighted by Gasteiger charge is 2.05. The number of rotatable bonds is 4. The second-order valence-corrected chi connectivity index (χ2v) is 4.33. The molecule has 0 aliphatic rings. The summed E-state index contributed by atoms with van der Waals surface area (Å²) in [5.74, 6) is -0.255. The van der Waals surface area contributed by atoms with E-state index in [0.717, 1.165) is 5.56 Å². The number of hydrogen-bond donors (Lipinski definition) is 1. The maximum absolute atomic E-state index is 11.7. The summed E-state index contributed by atoms with van der Waals surface area (Å²) >= 11 is 5.57. The zero-order valence-electron chi connectivity index (χ0n) is 10.0. The Morgan fingerprint density at radius 3 is 2.74 bits per heavy atom. The Labute approximate surface area is 114 Å². The van der Waals surface area contributed by atoms with Gasteiger partial charge in [-0.3, -0.25) is 14.2 Å². The number of halogens is 1. The van der Waals surface area contributed by atoms with E-state index in [1.54, 1.807) is 0 Å². The molecular formula is C13H12ClN3O2. The number of carbonyl (C=O) groups excluding carboxylic acids is 1. The van der Waals surface area contributed by atoms with E-state index in [9.17, 15) is 9.59 Å². The minimum absolute atomic E-state index is 0.0736. The van der Waals surface area contributed by atoms with Gasteiger partial charge in [0, 0.05) is 12.6 Å². The molecule has 1 amide bonds. The molecular weight excluding hydrogens is 266 g/mol. The van der Waals surface area contributed by atoms with E-state index in [1.165, 1.54) is 17.0 Å². The average molecular weight is 278 g/mol. The van der Waals surface area contributed by atoms with Gasteiger partial charge in [0.2, 0.25) is 5.91 Å². The molecule has 1 N–H and O–H groups in total. The lowest BCUT2D eigenvalue weighted by molar-refractivity contribution is -0.121. The molecule has 2 aromatic rings. The number of nitrogens with zero attached hydrogens (tertiary/aromatic N) is 2. The van der Waals surface area contributed by atoms with Crippen LogP contribution >= 0.6 is 11.6 Å². The smallest absolute Gasteiger partial charge is 0.255 e. The molecule has 0 unspecified atom stereocenters. The van der Waals surface area contributed by atoms with Gasteiger partial charge in [-0.05, 0) is 5.56 Å². The molecule has 0 fully saturated rings. The number of hydrogen-bond acceptors (Lipinski definition) is 3. The fourth-order valence-electron chi connectivity index (χ4n) is 1.53. The summed E-state index contributed by atoms with van der Waals surface area (Å²) in [6.45, 7) is 0.352. The molecule has 1 heterocycles. The second-order valence-electron chi connectivity index (χ2n) is 3.94. The Kier molecular flexibility index (Phi) is 4.30. The van der Waals surface area contributed by atoms with Gasteiger partial charge in [0.25, 0.3) is 5.56 Å². The number of amides is 1. The molecule has 5 nitrogen and oxygen atoms in total. The van der Waals surface area contributed by atoms with Crippen molar-refractivity contribution in [2.45, 2.75) is 13.1 Å². The minimum Gasteiger partial charge on any atom is -0.350 e. The summed E-state index contributed by atoms with van der Waals surface area (Å²) in [5.41, 5.74) is 0.646. The second kappa shape index (κ2) is 6.15. The SMILES string of the molecule is O=C(Cn1cnc(Cl)cc1=O)NCc1ccccc1. The molecule has 19 heavy (non-hydrogen) atoms. The summed E-state index contributed by atoms with van der Waals surface area (Å²) in [7, 11) is 0. The van der Waals surface area contributed by atoms with Crippen molar-refractivity contribution in [3.05, 3.63) is 63.8 Å². The lowest BCUT2D eigenvalue weighted by Gasteiger charge is -2.07. The first-order valence-electron chi connectivity index (χ1n) is 5.68. The van der Waals surface area contributed by atoms with Gasteiger partial charge in [0.15, 0.2) is 0 Å². The summed E-state index contributed by atoms with van der Waals surface area (Å²) in [5, 5.41) is 2.85. The van der Waals surface area contributed by atoms with Crippen molar-refractivity contribution < 1.29 is 4.79 Å². The molecule has 0 saturated carbocycles. The Morgan fingerprint density at radius 2 is 2.05 bits per heavy atom. The molecule has 0 radical (unpaired) electrons. The monoisotopic (exact) mass is 277 g/mol. The third-order valence-corrected chi connectivity index (χ3v) is 2.70. The van der Waals surface area contributed by atoms with Gasteiger partial charge in [-0.15, -0.1) is 0 Å². The number of nitrogens with one attached hydrogen (secondary N) is 1. The zero-order chi connectivity index (χ0) is 13.7. The van der Waals surface area contributed by atoms with Crippen LogP contribution in [0.2, 0.25) is 5.15 Å². The maximum atomic E-state index is 11.7. The quantitative estimate of drug-likeness (QED) is 0.855. The van der Waals surface area contributed by atoms with E-state index in [2.05, 4.69) is 10.3 Å². The highest BCUT2D eigenvalue weighted by molar-refractivity contribution is 6.29. The van der Waals surface area contributed by atoms with Gasteiger partial charge in [-0.2, -0.15) is 0 Å². The normalized spacial score (nSPS) is 10.2. The number of benzene rings is 1. The fourth-order valence-corrected chi connectivity index (χ4v) is 1.67. The first-order valence-corrected chi connectivity index (χ1v) is 6.05. The van der Waals surface area contributed by atoms with Crippen LogP contribution in [0, 0.1) is 0 Å². The topological polar surface area (TPSA) is 64.0 Å². The van der Waals surface area contributed by atoms with Crippen molar-refractivity contribution in [2.75, 3.05) is 0 Å². The molecule has 1 aromatic heterocycles. The van der Waals surface area contributed by atoms with Crippen LogP contribution in [-0.4, -0.2) is 15.5 Å². The van der Waals surface area contributed by atoms with Gasteiger partial charge in [0.05, 0.1) is 6.33 Å². The summed E-state index contributed by atoms with van der Waals surface area (Å²) < 4.78 is 1.20. The Hall–Kier alpha value is -2.14. The van der Waals surface area contributed by atoms with Crippen LogP contribution in [0.4, 0.5) is 0 Å². The molecule has 98 valence electrons. The van der Waals surface area contributed by atoms with Crippen LogP contribution < -0.4 is 10.9 Å². The Morgan fingerprint density at radius 1 is 1.32 bits per heavy atom. The largest absolute Gasteiger partial charge is 0.350 e. The minimum atomic E-state index is -0.352. The van der Waals surface area contributed by atoms with Crippen LogP contribution in [0.1, 0.15) is 5.56 Å². The van der Waals surface area contributed by atoms with Gasteiger partial charge >= 0.3 is 0 Å². The number of aromatic nitrogens is 2. The van der Waals surface area contributed by atoms with Crippen molar-refractivity contribution in [2.24, 2.45) is 0 Å². The predicted octanol–water partition coefficient (Wildman–Crippen LogP) is 1.21. The van der Waals surface area contributed by atoms with Crippen molar-refractivity contribution in [3.8, 4) is 0 Å². The van der Waals surface area contributed by atoms with Crippen LogP contribution in [0.5, 0.6) is 0 Å². The van der Waals surface area contributed by atoms with Crippen LogP contribution in [-0.2, 0) is 17.9 Å². The van der Waals surface area contributed by atoms with Crippen molar-refractivity contribution in [3.63, 3.8) is 0 Å². The van der Waals surface area contributed by atoms with E-state index in [-0.39, 0.29) is 23.2 Å². The highest BCUT2D eigenvalue weighted by atomic mass is 35.5. The Balaban J connectivity index is 1.93. The van der Waals surface area contributed by atoms with Crippen LogP contribution in [0.15, 0.2) is 47.5 Å². The summed E-state index contributed by atoms with van der Waals surface area (Å²) in [6, 6.07) is 10.7. The molecule has 0 spiro atoms. The summed E-state index contributed by atoms with van der Waals surface area (Å²) in [6.07, 6.45) is 1.26.